The van der Waals surface area contributed by atoms with Crippen LogP contribution in [0.15, 0.2) is 54.6 Å². The standard InChI is InChI=1S/C24H32N2O/c1-19-16-26-13-7-12-25(17-20-8-4-3-5-9-20)18-22(26)15-24(19,2)21-10-6-11-23(27)14-21/h3-6,8-11,14,19,22,27H,7,12-13,15-18H2,1-2H3. The molecule has 3 nitrogen and oxygen atoms in total. The Morgan fingerprint density at radius 2 is 1.85 bits per heavy atom. The summed E-state index contributed by atoms with van der Waals surface area (Å²) in [6.07, 6.45) is 2.40. The molecule has 2 heterocycles. The van der Waals surface area contributed by atoms with Gasteiger partial charge in [0, 0.05) is 25.7 Å². The van der Waals surface area contributed by atoms with E-state index in [0.717, 1.165) is 26.1 Å². The van der Waals surface area contributed by atoms with Gasteiger partial charge >= 0.3 is 0 Å². The van der Waals surface area contributed by atoms with E-state index in [1.54, 1.807) is 6.07 Å². The van der Waals surface area contributed by atoms with Gasteiger partial charge in [-0.2, -0.15) is 0 Å². The molecule has 1 N–H and O–H groups in total. The van der Waals surface area contributed by atoms with Crippen LogP contribution in [-0.2, 0) is 12.0 Å². The Morgan fingerprint density at radius 3 is 2.63 bits per heavy atom. The van der Waals surface area contributed by atoms with Gasteiger partial charge in [-0.05, 0) is 60.5 Å². The lowest BCUT2D eigenvalue weighted by atomic mass is 9.66. The van der Waals surface area contributed by atoms with Crippen LogP contribution in [0.5, 0.6) is 5.75 Å². The first-order chi connectivity index (χ1) is 13.0. The number of hydrogen-bond acceptors (Lipinski definition) is 3. The summed E-state index contributed by atoms with van der Waals surface area (Å²) >= 11 is 0. The van der Waals surface area contributed by atoms with Crippen LogP contribution in [0, 0.1) is 5.92 Å². The fourth-order valence-corrected chi connectivity index (χ4v) is 5.11. The summed E-state index contributed by atoms with van der Waals surface area (Å²) in [4.78, 5) is 5.36. The number of nitrogens with zero attached hydrogens (tertiary/aromatic N) is 2. The van der Waals surface area contributed by atoms with Crippen molar-refractivity contribution < 1.29 is 5.11 Å². The predicted molar refractivity (Wildman–Crippen MR) is 111 cm³/mol. The summed E-state index contributed by atoms with van der Waals surface area (Å²) in [5.41, 5.74) is 2.81. The van der Waals surface area contributed by atoms with Crippen LogP contribution < -0.4 is 0 Å². The van der Waals surface area contributed by atoms with E-state index in [-0.39, 0.29) is 5.41 Å². The quantitative estimate of drug-likeness (QED) is 0.881. The van der Waals surface area contributed by atoms with Gasteiger partial charge < -0.3 is 5.11 Å². The minimum absolute atomic E-state index is 0.114. The van der Waals surface area contributed by atoms with E-state index in [9.17, 15) is 5.11 Å². The summed E-state index contributed by atoms with van der Waals surface area (Å²) in [5, 5.41) is 10.0. The molecule has 3 heteroatoms. The van der Waals surface area contributed by atoms with Gasteiger partial charge in [0.25, 0.3) is 0 Å². The van der Waals surface area contributed by atoms with Crippen LogP contribution in [-0.4, -0.2) is 47.1 Å². The smallest absolute Gasteiger partial charge is 0.115 e. The molecule has 3 atom stereocenters. The molecule has 2 saturated heterocycles. The molecular weight excluding hydrogens is 332 g/mol. The van der Waals surface area contributed by atoms with Crippen LogP contribution in [0.3, 0.4) is 0 Å². The van der Waals surface area contributed by atoms with Gasteiger partial charge in [-0.25, -0.2) is 0 Å². The predicted octanol–water partition coefficient (Wildman–Crippen LogP) is 4.27. The zero-order valence-electron chi connectivity index (χ0n) is 16.6. The van der Waals surface area contributed by atoms with Crippen LogP contribution >= 0.6 is 0 Å². The summed E-state index contributed by atoms with van der Waals surface area (Å²) < 4.78 is 0. The highest BCUT2D eigenvalue weighted by atomic mass is 16.3. The van der Waals surface area contributed by atoms with E-state index in [4.69, 9.17) is 0 Å². The number of phenolic OH excluding ortho intramolecular Hbond substituents is 1. The molecule has 0 bridgehead atoms. The molecule has 3 unspecified atom stereocenters. The molecule has 27 heavy (non-hydrogen) atoms. The monoisotopic (exact) mass is 364 g/mol. The molecule has 0 aliphatic carbocycles. The number of rotatable bonds is 3. The van der Waals surface area contributed by atoms with Crippen molar-refractivity contribution in [1.29, 1.82) is 0 Å². The number of aromatic hydroxyl groups is 1. The average molecular weight is 365 g/mol. The Hall–Kier alpha value is -1.84. The topological polar surface area (TPSA) is 26.7 Å². The minimum atomic E-state index is 0.114. The third-order valence-corrected chi connectivity index (χ3v) is 6.92. The molecule has 144 valence electrons. The molecule has 2 aromatic carbocycles. The van der Waals surface area contributed by atoms with Crippen molar-refractivity contribution in [3.8, 4) is 5.75 Å². The number of hydrogen-bond donors (Lipinski definition) is 1. The van der Waals surface area contributed by atoms with Gasteiger partial charge in [0.05, 0.1) is 0 Å². The number of piperidine rings is 1. The lowest BCUT2D eigenvalue weighted by Crippen LogP contribution is -2.54. The zero-order valence-corrected chi connectivity index (χ0v) is 16.6. The van der Waals surface area contributed by atoms with E-state index in [1.165, 1.54) is 30.6 Å². The summed E-state index contributed by atoms with van der Waals surface area (Å²) in [6.45, 7) is 10.5. The van der Waals surface area contributed by atoms with Crippen molar-refractivity contribution in [3.63, 3.8) is 0 Å². The summed E-state index contributed by atoms with van der Waals surface area (Å²) in [5.74, 6) is 0.964. The lowest BCUT2D eigenvalue weighted by molar-refractivity contribution is 0.0503. The largest absolute Gasteiger partial charge is 0.508 e. The van der Waals surface area contributed by atoms with E-state index in [2.05, 4.69) is 60.0 Å². The highest BCUT2D eigenvalue weighted by Crippen LogP contribution is 2.43. The van der Waals surface area contributed by atoms with Crippen molar-refractivity contribution in [3.05, 3.63) is 65.7 Å². The Labute approximate surface area is 163 Å². The van der Waals surface area contributed by atoms with Crippen LogP contribution in [0.4, 0.5) is 0 Å². The second kappa shape index (κ2) is 7.65. The molecule has 0 spiro atoms. The van der Waals surface area contributed by atoms with Gasteiger partial charge in [0.2, 0.25) is 0 Å². The van der Waals surface area contributed by atoms with Crippen LogP contribution in [0.25, 0.3) is 0 Å². The molecule has 4 rings (SSSR count). The Morgan fingerprint density at radius 1 is 1.04 bits per heavy atom. The maximum atomic E-state index is 10.0. The molecule has 2 aromatic rings. The van der Waals surface area contributed by atoms with Gasteiger partial charge in [0.1, 0.15) is 5.75 Å². The van der Waals surface area contributed by atoms with Crippen molar-refractivity contribution in [2.75, 3.05) is 26.2 Å². The molecule has 0 saturated carbocycles. The maximum Gasteiger partial charge on any atom is 0.115 e. The number of fused-ring (bicyclic) bond motifs is 1. The van der Waals surface area contributed by atoms with E-state index >= 15 is 0 Å². The Balaban J connectivity index is 1.54. The third-order valence-electron chi connectivity index (χ3n) is 6.92. The molecule has 0 amide bonds. The van der Waals surface area contributed by atoms with Gasteiger partial charge in [-0.1, -0.05) is 56.3 Å². The van der Waals surface area contributed by atoms with Gasteiger partial charge in [-0.15, -0.1) is 0 Å². The molecule has 0 aromatic heterocycles. The van der Waals surface area contributed by atoms with Crippen LogP contribution in [0.2, 0.25) is 0 Å². The van der Waals surface area contributed by atoms with Gasteiger partial charge in [0.15, 0.2) is 0 Å². The first-order valence-corrected chi connectivity index (χ1v) is 10.3. The van der Waals surface area contributed by atoms with Crippen molar-refractivity contribution >= 4 is 0 Å². The molecule has 2 fully saturated rings. The van der Waals surface area contributed by atoms with Crippen molar-refractivity contribution in [2.45, 2.75) is 44.7 Å². The minimum Gasteiger partial charge on any atom is -0.508 e. The maximum absolute atomic E-state index is 10.0. The third kappa shape index (κ3) is 3.90. The first kappa shape index (κ1) is 18.5. The fourth-order valence-electron chi connectivity index (χ4n) is 5.11. The number of phenols is 1. The SMILES string of the molecule is CC1CN2CCCN(Cc3ccccc3)CC2CC1(C)c1cccc(O)c1. The summed E-state index contributed by atoms with van der Waals surface area (Å²) in [7, 11) is 0. The number of benzene rings is 2. The first-order valence-electron chi connectivity index (χ1n) is 10.3. The van der Waals surface area contributed by atoms with Crippen LogP contribution in [0.1, 0.15) is 37.8 Å². The summed E-state index contributed by atoms with van der Waals surface area (Å²) in [6, 6.07) is 19.4. The molecule has 2 aliphatic heterocycles. The van der Waals surface area contributed by atoms with Crippen molar-refractivity contribution in [2.24, 2.45) is 5.92 Å². The average Bonchev–Trinajstić information content (AvgIpc) is 2.84. The normalized spacial score (nSPS) is 29.9. The van der Waals surface area contributed by atoms with E-state index in [0.29, 0.717) is 17.7 Å². The fraction of sp³-hybridized carbons (Fsp3) is 0.500. The Bertz CT molecular complexity index is 762. The van der Waals surface area contributed by atoms with Gasteiger partial charge in [-0.3, -0.25) is 9.80 Å². The molecule has 0 radical (unpaired) electrons. The molecular formula is C24H32N2O. The second-order valence-electron chi connectivity index (χ2n) is 8.80. The van der Waals surface area contributed by atoms with E-state index in [1.807, 2.05) is 12.1 Å². The highest BCUT2D eigenvalue weighted by Gasteiger charge is 2.43. The van der Waals surface area contributed by atoms with Crippen molar-refractivity contribution in [1.82, 2.24) is 9.80 Å². The Kier molecular flexibility index (Phi) is 5.25. The highest BCUT2D eigenvalue weighted by molar-refractivity contribution is 5.34. The van der Waals surface area contributed by atoms with E-state index < -0.39 is 0 Å². The molecule has 2 aliphatic rings. The second-order valence-corrected chi connectivity index (χ2v) is 8.80. The lowest BCUT2D eigenvalue weighted by Gasteiger charge is -2.49. The zero-order chi connectivity index (χ0) is 18.9.